The molecule has 1 aromatic rings. The van der Waals surface area contributed by atoms with Gasteiger partial charge in [0.25, 0.3) is 6.02 Å². The molecule has 0 saturated carbocycles. The molecule has 0 unspecified atom stereocenters. The van der Waals surface area contributed by atoms with Crippen LogP contribution in [0.3, 0.4) is 0 Å². The van der Waals surface area contributed by atoms with Crippen molar-refractivity contribution in [1.29, 1.82) is 0 Å². The van der Waals surface area contributed by atoms with Crippen LogP contribution in [-0.2, 0) is 4.74 Å². The third-order valence-corrected chi connectivity index (χ3v) is 3.01. The Morgan fingerprint density at radius 2 is 2.12 bits per heavy atom. The summed E-state index contributed by atoms with van der Waals surface area (Å²) < 4.78 is 5.20. The van der Waals surface area contributed by atoms with Crippen LogP contribution in [0.5, 0.6) is 0 Å². The molecule has 1 aliphatic heterocycles. The van der Waals surface area contributed by atoms with Crippen molar-refractivity contribution in [1.82, 2.24) is 0 Å². The van der Waals surface area contributed by atoms with Crippen LogP contribution in [0.1, 0.15) is 6.92 Å². The summed E-state index contributed by atoms with van der Waals surface area (Å²) in [5, 5.41) is 0.736. The molecule has 0 aromatic heterocycles. The Bertz CT molecular complexity index is 432. The summed E-state index contributed by atoms with van der Waals surface area (Å²) in [6.07, 6.45) is 0. The Morgan fingerprint density at radius 3 is 2.65 bits per heavy atom. The number of anilines is 1. The smallest absolute Gasteiger partial charge is 0.282 e. The number of aliphatic imine (C=N–C) groups is 1. The average molecular weight is 254 g/mol. The molecule has 1 aliphatic rings. The summed E-state index contributed by atoms with van der Waals surface area (Å²) >= 11 is 5.86. The van der Waals surface area contributed by atoms with E-state index in [1.165, 1.54) is 0 Å². The molecule has 2 N–H and O–H groups in total. The Kier molecular flexibility index (Phi) is 3.15. The van der Waals surface area contributed by atoms with E-state index in [0.717, 1.165) is 17.3 Å². The quantitative estimate of drug-likeness (QED) is 0.895. The molecule has 0 spiro atoms. The molecular formula is C12H16ClN3O. The number of hydrogen-bond acceptors (Lipinski definition) is 4. The highest BCUT2D eigenvalue weighted by Crippen LogP contribution is 2.22. The van der Waals surface area contributed by atoms with Gasteiger partial charge in [-0.15, -0.1) is 0 Å². The number of hydrogen-bond donors (Lipinski definition) is 1. The van der Waals surface area contributed by atoms with Crippen molar-refractivity contribution < 1.29 is 4.74 Å². The van der Waals surface area contributed by atoms with Gasteiger partial charge >= 0.3 is 0 Å². The van der Waals surface area contributed by atoms with Crippen LogP contribution in [0.15, 0.2) is 29.3 Å². The molecular weight excluding hydrogens is 238 g/mol. The number of ether oxygens (including phenoxy) is 1. The molecule has 1 heterocycles. The van der Waals surface area contributed by atoms with Crippen molar-refractivity contribution in [3.05, 3.63) is 29.3 Å². The Balaban J connectivity index is 2.07. The van der Waals surface area contributed by atoms with Gasteiger partial charge in [-0.2, -0.15) is 0 Å². The lowest BCUT2D eigenvalue weighted by atomic mass is 10.0. The SMILES string of the molecule is CN(C[C@]1(C)COC(N)=N1)c1ccc(Cl)cc1. The van der Waals surface area contributed by atoms with E-state index >= 15 is 0 Å². The minimum atomic E-state index is -0.279. The predicted molar refractivity (Wildman–Crippen MR) is 70.7 cm³/mol. The maximum absolute atomic E-state index is 5.86. The lowest BCUT2D eigenvalue weighted by molar-refractivity contribution is 0.267. The molecule has 1 aromatic carbocycles. The number of likely N-dealkylation sites (N-methyl/N-ethyl adjacent to an activating group) is 1. The van der Waals surface area contributed by atoms with Crippen LogP contribution in [0.4, 0.5) is 5.69 Å². The second-order valence-electron chi connectivity index (χ2n) is 4.57. The van der Waals surface area contributed by atoms with E-state index in [-0.39, 0.29) is 11.6 Å². The molecule has 0 fully saturated rings. The molecule has 4 nitrogen and oxygen atoms in total. The van der Waals surface area contributed by atoms with Gasteiger partial charge in [0, 0.05) is 24.3 Å². The summed E-state index contributed by atoms with van der Waals surface area (Å²) in [6, 6.07) is 7.98. The molecule has 0 saturated heterocycles. The molecule has 5 heteroatoms. The van der Waals surface area contributed by atoms with E-state index in [1.54, 1.807) is 0 Å². The summed E-state index contributed by atoms with van der Waals surface area (Å²) in [5.41, 5.74) is 6.35. The molecule has 2 rings (SSSR count). The van der Waals surface area contributed by atoms with Gasteiger partial charge in [0.1, 0.15) is 12.1 Å². The fourth-order valence-corrected chi connectivity index (χ4v) is 2.06. The first kappa shape index (κ1) is 12.0. The van der Waals surface area contributed by atoms with Gasteiger partial charge in [0.2, 0.25) is 0 Å². The lowest BCUT2D eigenvalue weighted by Crippen LogP contribution is -2.38. The Labute approximate surface area is 106 Å². The summed E-state index contributed by atoms with van der Waals surface area (Å²) in [5.74, 6) is 0. The lowest BCUT2D eigenvalue weighted by Gasteiger charge is -2.27. The minimum Gasteiger partial charge on any atom is -0.463 e. The number of halogens is 1. The van der Waals surface area contributed by atoms with Gasteiger partial charge in [-0.05, 0) is 31.2 Å². The summed E-state index contributed by atoms with van der Waals surface area (Å²) in [4.78, 5) is 6.42. The second-order valence-corrected chi connectivity index (χ2v) is 5.00. The zero-order valence-corrected chi connectivity index (χ0v) is 10.7. The Hall–Kier alpha value is -1.42. The first-order chi connectivity index (χ1) is 7.98. The van der Waals surface area contributed by atoms with E-state index in [2.05, 4.69) is 9.89 Å². The fraction of sp³-hybridized carbons (Fsp3) is 0.417. The monoisotopic (exact) mass is 253 g/mol. The summed E-state index contributed by atoms with van der Waals surface area (Å²) in [6.45, 7) is 3.30. The molecule has 17 heavy (non-hydrogen) atoms. The third kappa shape index (κ3) is 2.82. The minimum absolute atomic E-state index is 0.275. The van der Waals surface area contributed by atoms with Crippen LogP contribution >= 0.6 is 11.6 Å². The predicted octanol–water partition coefficient (Wildman–Crippen LogP) is 1.88. The highest BCUT2D eigenvalue weighted by Gasteiger charge is 2.32. The van der Waals surface area contributed by atoms with Crippen LogP contribution in [0.25, 0.3) is 0 Å². The number of nitrogens with zero attached hydrogens (tertiary/aromatic N) is 2. The summed E-state index contributed by atoms with van der Waals surface area (Å²) in [7, 11) is 2.01. The van der Waals surface area contributed by atoms with Crippen LogP contribution in [0.2, 0.25) is 5.02 Å². The molecule has 0 radical (unpaired) electrons. The van der Waals surface area contributed by atoms with E-state index in [4.69, 9.17) is 22.1 Å². The normalized spacial score (nSPS) is 23.1. The third-order valence-electron chi connectivity index (χ3n) is 2.76. The number of rotatable bonds is 3. The zero-order chi connectivity index (χ0) is 12.5. The second kappa shape index (κ2) is 4.45. The van der Waals surface area contributed by atoms with Gasteiger partial charge in [-0.3, -0.25) is 0 Å². The van der Waals surface area contributed by atoms with Gasteiger partial charge in [-0.25, -0.2) is 4.99 Å². The maximum atomic E-state index is 5.86. The van der Waals surface area contributed by atoms with Crippen molar-refractivity contribution in [3.8, 4) is 0 Å². The van der Waals surface area contributed by atoms with Crippen molar-refractivity contribution in [2.45, 2.75) is 12.5 Å². The van der Waals surface area contributed by atoms with Gasteiger partial charge in [-0.1, -0.05) is 11.6 Å². The number of benzene rings is 1. The van der Waals surface area contributed by atoms with Gasteiger partial charge < -0.3 is 15.4 Å². The van der Waals surface area contributed by atoms with E-state index in [0.29, 0.717) is 6.61 Å². The van der Waals surface area contributed by atoms with Crippen molar-refractivity contribution in [3.63, 3.8) is 0 Å². The first-order valence-corrected chi connectivity index (χ1v) is 5.81. The molecule has 1 atom stereocenters. The van der Waals surface area contributed by atoms with Gasteiger partial charge in [0.05, 0.1) is 0 Å². The van der Waals surface area contributed by atoms with Crippen LogP contribution in [0, 0.1) is 0 Å². The number of amidine groups is 1. The fourth-order valence-electron chi connectivity index (χ4n) is 1.94. The van der Waals surface area contributed by atoms with Crippen molar-refractivity contribution in [2.24, 2.45) is 10.7 Å². The van der Waals surface area contributed by atoms with Crippen molar-refractivity contribution in [2.75, 3.05) is 25.1 Å². The van der Waals surface area contributed by atoms with E-state index < -0.39 is 0 Å². The zero-order valence-electron chi connectivity index (χ0n) is 9.98. The van der Waals surface area contributed by atoms with Crippen LogP contribution in [-0.4, -0.2) is 31.8 Å². The van der Waals surface area contributed by atoms with Crippen LogP contribution < -0.4 is 10.6 Å². The highest BCUT2D eigenvalue weighted by atomic mass is 35.5. The molecule has 0 bridgehead atoms. The molecule has 92 valence electrons. The number of nitrogens with two attached hydrogens (primary N) is 1. The van der Waals surface area contributed by atoms with Crippen molar-refractivity contribution >= 4 is 23.3 Å². The molecule has 0 amide bonds. The highest BCUT2D eigenvalue weighted by molar-refractivity contribution is 6.30. The van der Waals surface area contributed by atoms with E-state index in [9.17, 15) is 0 Å². The van der Waals surface area contributed by atoms with E-state index in [1.807, 2.05) is 38.2 Å². The standard InChI is InChI=1S/C12H16ClN3O/c1-12(8-17-11(14)15-12)7-16(2)10-5-3-9(13)4-6-10/h3-6H,7-8H2,1-2H3,(H2,14,15)/t12-/m1/s1. The average Bonchev–Trinajstić information content (AvgIpc) is 2.59. The molecule has 0 aliphatic carbocycles. The largest absolute Gasteiger partial charge is 0.463 e. The Morgan fingerprint density at radius 1 is 1.47 bits per heavy atom. The maximum Gasteiger partial charge on any atom is 0.282 e. The topological polar surface area (TPSA) is 50.9 Å². The van der Waals surface area contributed by atoms with Gasteiger partial charge in [0.15, 0.2) is 0 Å². The first-order valence-electron chi connectivity index (χ1n) is 5.43.